The summed E-state index contributed by atoms with van der Waals surface area (Å²) in [4.78, 5) is 16.9. The smallest absolute Gasteiger partial charge is 0.434 e. The summed E-state index contributed by atoms with van der Waals surface area (Å²) in [6.45, 7) is 5.33. The van der Waals surface area contributed by atoms with E-state index in [0.717, 1.165) is 34.1 Å². The van der Waals surface area contributed by atoms with Gasteiger partial charge in [-0.3, -0.25) is 0 Å². The topological polar surface area (TPSA) is 102 Å². The molecule has 4 bridgehead atoms. The summed E-state index contributed by atoms with van der Waals surface area (Å²) >= 11 is 0. The zero-order valence-corrected chi connectivity index (χ0v) is 34.5. The summed E-state index contributed by atoms with van der Waals surface area (Å²) in [7, 11) is -6.77. The summed E-state index contributed by atoms with van der Waals surface area (Å²) in [6, 6.07) is 37.0. The zero-order valence-electron chi connectivity index (χ0n) is 32.9. The third kappa shape index (κ3) is 9.04. The molecule has 4 aliphatic rings. The lowest BCUT2D eigenvalue weighted by atomic mass is 9.50. The molecule has 0 heterocycles. The largest absolute Gasteiger partial charge is 0.743 e. The highest BCUT2D eigenvalue weighted by molar-refractivity contribution is 7.97. The summed E-state index contributed by atoms with van der Waals surface area (Å²) in [6.07, 6.45) is 0.859. The first-order valence-corrected chi connectivity index (χ1v) is 22.2. The molecule has 0 N–H and O–H groups in total. The molecule has 0 saturated heterocycles. The van der Waals surface area contributed by atoms with Gasteiger partial charge in [0, 0.05) is 12.1 Å². The van der Waals surface area contributed by atoms with Crippen LogP contribution in [-0.2, 0) is 41.9 Å². The normalized spacial score (nSPS) is 22.5. The van der Waals surface area contributed by atoms with E-state index in [0.29, 0.717) is 17.2 Å². The van der Waals surface area contributed by atoms with Crippen LogP contribution in [0.1, 0.15) is 55.7 Å². The summed E-state index contributed by atoms with van der Waals surface area (Å²) in [5.74, 6) is 3.30. The van der Waals surface area contributed by atoms with Crippen molar-refractivity contribution in [3.63, 3.8) is 0 Å². The first-order valence-electron chi connectivity index (χ1n) is 19.6. The molecule has 0 aromatic heterocycles. The molecule has 59 heavy (non-hydrogen) atoms. The van der Waals surface area contributed by atoms with E-state index in [2.05, 4.69) is 98.3 Å². The average Bonchev–Trinajstić information content (AvgIpc) is 3.19. The second-order valence-electron chi connectivity index (χ2n) is 16.0. The molecule has 5 aromatic carbocycles. The molecule has 0 amide bonds. The van der Waals surface area contributed by atoms with Gasteiger partial charge in [0.05, 0.1) is 17.5 Å². The van der Waals surface area contributed by atoms with Gasteiger partial charge in [-0.15, -0.1) is 0 Å². The summed E-state index contributed by atoms with van der Waals surface area (Å²) in [5.41, 5.74) is 1.90. The maximum Gasteiger partial charge on any atom is 0.434 e. The Morgan fingerprint density at radius 3 is 1.76 bits per heavy atom. The Labute approximate surface area is 345 Å². The average molecular weight is 851 g/mol. The number of alkyl halides is 4. The number of fused-ring (bicyclic) bond motifs is 1. The molecule has 0 aliphatic heterocycles. The Balaban J connectivity index is 0.000000206. The van der Waals surface area contributed by atoms with Crippen LogP contribution in [-0.4, -0.2) is 42.5 Å². The van der Waals surface area contributed by atoms with E-state index in [-0.39, 0.29) is 34.6 Å². The lowest BCUT2D eigenvalue weighted by Crippen LogP contribution is -2.58. The fourth-order valence-electron chi connectivity index (χ4n) is 9.20. The first-order chi connectivity index (χ1) is 27.9. The van der Waals surface area contributed by atoms with Gasteiger partial charge in [0.25, 0.3) is 0 Å². The lowest BCUT2D eigenvalue weighted by Gasteiger charge is -2.59. The second kappa shape index (κ2) is 16.9. The highest BCUT2D eigenvalue weighted by Crippen LogP contribution is 2.59. The molecule has 0 unspecified atom stereocenters. The van der Waals surface area contributed by atoms with E-state index in [9.17, 15) is 35.3 Å². The molecule has 9 rings (SSSR count). The molecule has 13 heteroatoms. The van der Waals surface area contributed by atoms with Crippen LogP contribution in [0.25, 0.3) is 10.8 Å². The van der Waals surface area contributed by atoms with E-state index in [1.54, 1.807) is 30.3 Å². The highest BCUT2D eigenvalue weighted by atomic mass is 32.2. The Kier molecular flexibility index (Phi) is 12.2. The third-order valence-corrected chi connectivity index (χ3v) is 15.0. The Morgan fingerprint density at radius 1 is 0.729 bits per heavy atom. The predicted molar refractivity (Wildman–Crippen MR) is 216 cm³/mol. The van der Waals surface area contributed by atoms with Gasteiger partial charge in [-0.25, -0.2) is 13.2 Å². The first kappa shape index (κ1) is 42.7. The number of carbonyl (C=O) groups excluding carboxylic acids is 1. The van der Waals surface area contributed by atoms with Crippen molar-refractivity contribution in [2.75, 3.05) is 6.61 Å². The number of ether oxygens (including phenoxy) is 3. The van der Waals surface area contributed by atoms with Gasteiger partial charge >= 0.3 is 17.3 Å². The van der Waals surface area contributed by atoms with Crippen LogP contribution >= 0.6 is 0 Å². The standard InChI is InChI=1S/C33H37O3S.C13H10F4O4S/c1-22-14-30(37(28-10-6-4-7-11-28)29-12-8-5-9-13-29)15-23(2)32(22)35-21-31(34)36-33(3)26-17-24-16-25(19-26)20-27(33)18-24;14-12(15,13(16,17)22(18,19)20)21-8-9-5-6-10-3-1-2-4-11(10)7-9/h4-15,24-27H,16-21H2,1-3H3;1-7H,8H2,(H,18,19,20)/q+1;/p-1. The number of rotatable bonds is 12. The van der Waals surface area contributed by atoms with Gasteiger partial charge in [0.15, 0.2) is 31.4 Å². The van der Waals surface area contributed by atoms with Crippen molar-refractivity contribution in [2.45, 2.75) is 91.1 Å². The van der Waals surface area contributed by atoms with Crippen LogP contribution in [0.15, 0.2) is 130 Å². The molecule has 312 valence electrons. The van der Waals surface area contributed by atoms with Crippen LogP contribution in [0.2, 0.25) is 0 Å². The van der Waals surface area contributed by atoms with Gasteiger partial charge in [0.2, 0.25) is 0 Å². The number of hydrogen-bond acceptors (Lipinski definition) is 7. The SMILES string of the molecule is Cc1cc([S+](c2ccccc2)c2ccccc2)cc(C)c1OCC(=O)OC1(C)C2CC3CC(C2)CC1C3.O=S(=O)([O-])C(F)(F)C(F)(F)OCc1ccc2ccccc2c1. The van der Waals surface area contributed by atoms with Crippen LogP contribution in [0.5, 0.6) is 5.75 Å². The van der Waals surface area contributed by atoms with Gasteiger partial charge in [0.1, 0.15) is 11.4 Å². The molecular formula is C46H46F4O7S2. The quantitative estimate of drug-likeness (QED) is 0.0533. The van der Waals surface area contributed by atoms with E-state index in [4.69, 9.17) is 9.47 Å². The lowest BCUT2D eigenvalue weighted by molar-refractivity contribution is -0.323. The van der Waals surface area contributed by atoms with Gasteiger partial charge in [-0.1, -0.05) is 72.8 Å². The minimum Gasteiger partial charge on any atom is -0.743 e. The Bertz CT molecular complexity index is 2300. The van der Waals surface area contributed by atoms with Crippen molar-refractivity contribution in [3.05, 3.63) is 132 Å². The van der Waals surface area contributed by atoms with Crippen LogP contribution in [0, 0.1) is 37.5 Å². The molecule has 4 aliphatic carbocycles. The maximum absolute atomic E-state index is 13.1. The zero-order chi connectivity index (χ0) is 42.2. The molecule has 5 aromatic rings. The van der Waals surface area contributed by atoms with E-state index < -0.39 is 28.1 Å². The highest BCUT2D eigenvalue weighted by Gasteiger charge is 2.63. The van der Waals surface area contributed by atoms with Crippen molar-refractivity contribution in [1.29, 1.82) is 0 Å². The van der Waals surface area contributed by atoms with Crippen LogP contribution in [0.4, 0.5) is 17.6 Å². The van der Waals surface area contributed by atoms with Crippen LogP contribution < -0.4 is 4.74 Å². The Hall–Kier alpha value is -4.43. The number of carbonyl (C=O) groups is 1. The minimum absolute atomic E-state index is 0.0357. The molecule has 7 nitrogen and oxygen atoms in total. The van der Waals surface area contributed by atoms with Crippen LogP contribution in [0.3, 0.4) is 0 Å². The molecular weight excluding hydrogens is 805 g/mol. The number of hydrogen-bond donors (Lipinski definition) is 0. The van der Waals surface area contributed by atoms with Crippen molar-refractivity contribution in [2.24, 2.45) is 23.7 Å². The molecule has 0 atom stereocenters. The Morgan fingerprint density at radius 2 is 1.24 bits per heavy atom. The second-order valence-corrected chi connectivity index (χ2v) is 19.5. The van der Waals surface area contributed by atoms with Gasteiger partial charge < -0.3 is 18.8 Å². The molecule has 4 saturated carbocycles. The third-order valence-electron chi connectivity index (χ3n) is 11.9. The number of benzene rings is 5. The van der Waals surface area contributed by atoms with Crippen molar-refractivity contribution in [3.8, 4) is 5.75 Å². The molecule has 4 fully saturated rings. The molecule has 0 radical (unpaired) electrons. The van der Waals surface area contributed by atoms with E-state index in [1.165, 1.54) is 58.9 Å². The monoisotopic (exact) mass is 850 g/mol. The van der Waals surface area contributed by atoms with Gasteiger partial charge in [-0.05, 0) is 134 Å². The fraction of sp³-hybridized carbons (Fsp3) is 0.370. The number of halogens is 4. The number of esters is 1. The van der Waals surface area contributed by atoms with E-state index in [1.807, 2.05) is 0 Å². The van der Waals surface area contributed by atoms with Crippen molar-refractivity contribution < 1.29 is 49.5 Å². The molecule has 0 spiro atoms. The summed E-state index contributed by atoms with van der Waals surface area (Å²) in [5, 5.41) is -4.39. The van der Waals surface area contributed by atoms with Crippen molar-refractivity contribution >= 4 is 37.8 Å². The van der Waals surface area contributed by atoms with Crippen molar-refractivity contribution in [1.82, 2.24) is 0 Å². The predicted octanol–water partition coefficient (Wildman–Crippen LogP) is 10.6. The van der Waals surface area contributed by atoms with E-state index >= 15 is 0 Å². The fourth-order valence-corrected chi connectivity index (χ4v) is 11.8. The minimum atomic E-state index is -6.56. The number of aryl methyl sites for hydroxylation is 2. The van der Waals surface area contributed by atoms with Gasteiger partial charge in [-0.2, -0.15) is 17.6 Å². The maximum atomic E-state index is 13.1. The summed E-state index contributed by atoms with van der Waals surface area (Å²) < 4.78 is 98.8.